The molecule has 0 heterocycles. The maximum atomic E-state index is 12.2. The SMILES string of the molecule is CCCCCCC(=O)Oc1ccc(CCCC)cc1OC(=O)CCCCCC. The number of carbonyl (C=O) groups is 2. The lowest BCUT2D eigenvalue weighted by atomic mass is 10.1. The molecule has 0 saturated carbocycles. The molecule has 0 aliphatic carbocycles. The van der Waals surface area contributed by atoms with Crippen molar-refractivity contribution in [2.45, 2.75) is 104 Å². The summed E-state index contributed by atoms with van der Waals surface area (Å²) in [5, 5.41) is 0. The summed E-state index contributed by atoms with van der Waals surface area (Å²) in [6, 6.07) is 5.56. The van der Waals surface area contributed by atoms with Crippen molar-refractivity contribution in [2.24, 2.45) is 0 Å². The molecule has 0 aliphatic heterocycles. The van der Waals surface area contributed by atoms with Gasteiger partial charge in [0.1, 0.15) is 0 Å². The van der Waals surface area contributed by atoms with Crippen molar-refractivity contribution < 1.29 is 19.1 Å². The Kier molecular flexibility index (Phi) is 13.1. The third-order valence-corrected chi connectivity index (χ3v) is 4.74. The van der Waals surface area contributed by atoms with Crippen molar-refractivity contribution in [3.8, 4) is 11.5 Å². The van der Waals surface area contributed by atoms with E-state index < -0.39 is 0 Å². The van der Waals surface area contributed by atoms with E-state index in [1.165, 1.54) is 0 Å². The van der Waals surface area contributed by atoms with Gasteiger partial charge in [0.05, 0.1) is 0 Å². The van der Waals surface area contributed by atoms with Crippen LogP contribution in [0.15, 0.2) is 18.2 Å². The van der Waals surface area contributed by atoms with Crippen LogP contribution >= 0.6 is 0 Å². The second kappa shape index (κ2) is 15.1. The van der Waals surface area contributed by atoms with Gasteiger partial charge in [0.25, 0.3) is 0 Å². The van der Waals surface area contributed by atoms with Crippen LogP contribution in [0.1, 0.15) is 103 Å². The van der Waals surface area contributed by atoms with E-state index in [9.17, 15) is 9.59 Å². The molecule has 158 valence electrons. The van der Waals surface area contributed by atoms with Gasteiger partial charge in [0, 0.05) is 12.8 Å². The average molecular weight is 391 g/mol. The summed E-state index contributed by atoms with van der Waals surface area (Å²) in [4.78, 5) is 24.4. The Bertz CT molecular complexity index is 580. The minimum absolute atomic E-state index is 0.260. The second-order valence-corrected chi connectivity index (χ2v) is 7.45. The first-order valence-electron chi connectivity index (χ1n) is 11.1. The molecule has 0 bridgehead atoms. The van der Waals surface area contributed by atoms with Crippen LogP contribution in [-0.2, 0) is 16.0 Å². The molecule has 1 aromatic carbocycles. The Morgan fingerprint density at radius 2 is 1.21 bits per heavy atom. The molecule has 1 aromatic rings. The lowest BCUT2D eigenvalue weighted by Crippen LogP contribution is -2.12. The summed E-state index contributed by atoms with van der Waals surface area (Å²) >= 11 is 0. The van der Waals surface area contributed by atoms with E-state index in [0.717, 1.165) is 76.2 Å². The van der Waals surface area contributed by atoms with E-state index in [1.54, 1.807) is 6.07 Å². The fourth-order valence-corrected chi connectivity index (χ4v) is 2.99. The maximum absolute atomic E-state index is 12.2. The van der Waals surface area contributed by atoms with Gasteiger partial charge >= 0.3 is 11.9 Å². The quantitative estimate of drug-likeness (QED) is 0.188. The highest BCUT2D eigenvalue weighted by Gasteiger charge is 2.15. The molecular weight excluding hydrogens is 352 g/mol. The van der Waals surface area contributed by atoms with Crippen LogP contribution in [0.4, 0.5) is 0 Å². The molecular formula is C24H38O4. The highest BCUT2D eigenvalue weighted by molar-refractivity contribution is 5.76. The molecule has 0 N–H and O–H groups in total. The fraction of sp³-hybridized carbons (Fsp3) is 0.667. The number of rotatable bonds is 15. The number of hydrogen-bond acceptors (Lipinski definition) is 4. The van der Waals surface area contributed by atoms with Crippen LogP contribution in [0.25, 0.3) is 0 Å². The first kappa shape index (κ1) is 24.2. The number of carbonyl (C=O) groups excluding carboxylic acids is 2. The average Bonchev–Trinajstić information content (AvgIpc) is 2.68. The van der Waals surface area contributed by atoms with Gasteiger partial charge in [-0.15, -0.1) is 0 Å². The second-order valence-electron chi connectivity index (χ2n) is 7.45. The lowest BCUT2D eigenvalue weighted by Gasteiger charge is -2.12. The van der Waals surface area contributed by atoms with Gasteiger partial charge in [-0.05, 0) is 43.4 Å². The van der Waals surface area contributed by atoms with Gasteiger partial charge in [-0.3, -0.25) is 9.59 Å². The summed E-state index contributed by atoms with van der Waals surface area (Å²) in [5.41, 5.74) is 1.10. The number of esters is 2. The molecule has 0 aliphatic rings. The zero-order valence-electron chi connectivity index (χ0n) is 18.1. The smallest absolute Gasteiger partial charge is 0.311 e. The summed E-state index contributed by atoms with van der Waals surface area (Å²) < 4.78 is 11.1. The molecule has 0 radical (unpaired) electrons. The first-order chi connectivity index (χ1) is 13.6. The number of unbranched alkanes of at least 4 members (excludes halogenated alkanes) is 7. The molecule has 1 rings (SSSR count). The van der Waals surface area contributed by atoms with Crippen molar-refractivity contribution >= 4 is 11.9 Å². The number of aryl methyl sites for hydroxylation is 1. The van der Waals surface area contributed by atoms with E-state index >= 15 is 0 Å². The lowest BCUT2D eigenvalue weighted by molar-refractivity contribution is -0.137. The van der Waals surface area contributed by atoms with Gasteiger partial charge < -0.3 is 9.47 Å². The summed E-state index contributed by atoms with van der Waals surface area (Å²) in [6.45, 7) is 6.43. The van der Waals surface area contributed by atoms with Gasteiger partial charge in [-0.2, -0.15) is 0 Å². The van der Waals surface area contributed by atoms with E-state index in [0.29, 0.717) is 24.3 Å². The number of ether oxygens (including phenoxy) is 2. The molecule has 0 amide bonds. The van der Waals surface area contributed by atoms with E-state index in [1.807, 2.05) is 12.1 Å². The summed E-state index contributed by atoms with van der Waals surface area (Å²) in [7, 11) is 0. The Morgan fingerprint density at radius 1 is 0.679 bits per heavy atom. The van der Waals surface area contributed by atoms with Crippen LogP contribution in [-0.4, -0.2) is 11.9 Å². The van der Waals surface area contributed by atoms with Gasteiger partial charge in [-0.1, -0.05) is 71.8 Å². The Morgan fingerprint density at radius 3 is 1.75 bits per heavy atom. The van der Waals surface area contributed by atoms with Crippen LogP contribution in [0.2, 0.25) is 0 Å². The molecule has 0 saturated heterocycles. The zero-order valence-corrected chi connectivity index (χ0v) is 18.1. The Hall–Kier alpha value is -1.84. The monoisotopic (exact) mass is 390 g/mol. The molecule has 0 fully saturated rings. The Balaban J connectivity index is 2.72. The number of benzene rings is 1. The number of hydrogen-bond donors (Lipinski definition) is 0. The highest BCUT2D eigenvalue weighted by Crippen LogP contribution is 2.30. The first-order valence-corrected chi connectivity index (χ1v) is 11.1. The van der Waals surface area contributed by atoms with Crippen molar-refractivity contribution in [3.05, 3.63) is 23.8 Å². The van der Waals surface area contributed by atoms with Gasteiger partial charge in [0.15, 0.2) is 11.5 Å². The molecule has 0 aromatic heterocycles. The molecule has 0 atom stereocenters. The van der Waals surface area contributed by atoms with Crippen LogP contribution in [0, 0.1) is 0 Å². The highest BCUT2D eigenvalue weighted by atomic mass is 16.6. The van der Waals surface area contributed by atoms with Crippen LogP contribution in [0.5, 0.6) is 11.5 Å². The normalized spacial score (nSPS) is 10.7. The zero-order chi connectivity index (χ0) is 20.6. The third-order valence-electron chi connectivity index (χ3n) is 4.74. The van der Waals surface area contributed by atoms with Crippen molar-refractivity contribution in [1.82, 2.24) is 0 Å². The van der Waals surface area contributed by atoms with Gasteiger partial charge in [0.2, 0.25) is 0 Å². The van der Waals surface area contributed by atoms with Crippen LogP contribution in [0.3, 0.4) is 0 Å². The van der Waals surface area contributed by atoms with Gasteiger partial charge in [-0.25, -0.2) is 0 Å². The van der Waals surface area contributed by atoms with Crippen molar-refractivity contribution in [3.63, 3.8) is 0 Å². The molecule has 4 heteroatoms. The van der Waals surface area contributed by atoms with E-state index in [-0.39, 0.29) is 11.9 Å². The van der Waals surface area contributed by atoms with Crippen molar-refractivity contribution in [2.75, 3.05) is 0 Å². The Labute approximate surface area is 171 Å². The summed E-state index contributed by atoms with van der Waals surface area (Å²) in [6.07, 6.45) is 12.1. The van der Waals surface area contributed by atoms with E-state index in [2.05, 4.69) is 20.8 Å². The standard InChI is InChI=1S/C24H38O4/c1-4-7-10-12-15-23(25)27-21-18-17-20(14-9-6-3)19-22(21)28-24(26)16-13-11-8-5-2/h17-19H,4-16H2,1-3H3. The third kappa shape index (κ3) is 10.5. The fourth-order valence-electron chi connectivity index (χ4n) is 2.99. The predicted molar refractivity (Wildman–Crippen MR) is 114 cm³/mol. The molecule has 28 heavy (non-hydrogen) atoms. The summed E-state index contributed by atoms with van der Waals surface area (Å²) in [5.74, 6) is 0.195. The largest absolute Gasteiger partial charge is 0.423 e. The minimum atomic E-state index is -0.266. The molecule has 0 unspecified atom stereocenters. The molecule has 4 nitrogen and oxygen atoms in total. The topological polar surface area (TPSA) is 52.6 Å². The maximum Gasteiger partial charge on any atom is 0.311 e. The van der Waals surface area contributed by atoms with Crippen LogP contribution < -0.4 is 9.47 Å². The molecule has 0 spiro atoms. The van der Waals surface area contributed by atoms with E-state index in [4.69, 9.17) is 9.47 Å². The van der Waals surface area contributed by atoms with Crippen molar-refractivity contribution in [1.29, 1.82) is 0 Å². The minimum Gasteiger partial charge on any atom is -0.423 e. The predicted octanol–water partition coefficient (Wildman–Crippen LogP) is 6.78.